The molecule has 2 aromatic rings. The van der Waals surface area contributed by atoms with Crippen LogP contribution in [-0.4, -0.2) is 46.0 Å². The predicted octanol–water partition coefficient (Wildman–Crippen LogP) is 1.72. The molecule has 0 aliphatic rings. The fourth-order valence-electron chi connectivity index (χ4n) is 2.30. The van der Waals surface area contributed by atoms with Gasteiger partial charge in [0.15, 0.2) is 0 Å². The van der Waals surface area contributed by atoms with Crippen molar-refractivity contribution in [1.29, 1.82) is 0 Å². The van der Waals surface area contributed by atoms with E-state index in [1.165, 1.54) is 15.3 Å². The molecule has 1 aromatic heterocycles. The van der Waals surface area contributed by atoms with Crippen LogP contribution in [0.3, 0.4) is 0 Å². The first kappa shape index (κ1) is 16.6. The number of hydrogen-bond donors (Lipinski definition) is 0. The first-order valence-electron chi connectivity index (χ1n) is 7.14. The topological polar surface area (TPSA) is 81.0 Å². The van der Waals surface area contributed by atoms with Crippen molar-refractivity contribution in [1.82, 2.24) is 24.5 Å². The Kier molecular flexibility index (Phi) is 4.92. The molecule has 0 aliphatic heterocycles. The Morgan fingerprint density at radius 3 is 2.59 bits per heavy atom. The van der Waals surface area contributed by atoms with E-state index in [0.29, 0.717) is 11.6 Å². The van der Waals surface area contributed by atoms with Crippen molar-refractivity contribution in [2.45, 2.75) is 38.1 Å². The number of aromatic nitrogens is 4. The zero-order valence-corrected chi connectivity index (χ0v) is 14.0. The van der Waals surface area contributed by atoms with Gasteiger partial charge in [0.25, 0.3) is 0 Å². The van der Waals surface area contributed by atoms with E-state index in [0.717, 1.165) is 6.42 Å². The molecule has 1 aromatic carbocycles. The van der Waals surface area contributed by atoms with Crippen LogP contribution in [0.5, 0.6) is 0 Å². The minimum Gasteiger partial charge on any atom is -0.207 e. The molecule has 8 heteroatoms. The molecule has 0 aliphatic carbocycles. The van der Waals surface area contributed by atoms with Crippen LogP contribution in [0.4, 0.5) is 0 Å². The van der Waals surface area contributed by atoms with Crippen LogP contribution in [0.15, 0.2) is 35.5 Å². The van der Waals surface area contributed by atoms with Crippen LogP contribution < -0.4 is 0 Å². The van der Waals surface area contributed by atoms with Crippen molar-refractivity contribution in [2.75, 3.05) is 7.05 Å². The van der Waals surface area contributed by atoms with Gasteiger partial charge in [0, 0.05) is 13.1 Å². The first-order chi connectivity index (χ1) is 10.3. The lowest BCUT2D eigenvalue weighted by molar-refractivity contribution is 0.338. The summed E-state index contributed by atoms with van der Waals surface area (Å²) in [5, 5.41) is 10.9. The maximum Gasteiger partial charge on any atom is 0.243 e. The number of hydrogen-bond acceptors (Lipinski definition) is 5. The standard InChI is InChI=1S/C14H21N5O2S/c1-11(2)8-12(3)18(4)22(20,21)14-7-5-6-13(9-14)19-10-15-16-17-19/h5-7,9-12H,8H2,1-4H3/t12-/m0/s1. The van der Waals surface area contributed by atoms with Gasteiger partial charge in [-0.1, -0.05) is 19.9 Å². The monoisotopic (exact) mass is 323 g/mol. The lowest BCUT2D eigenvalue weighted by Crippen LogP contribution is -2.35. The van der Waals surface area contributed by atoms with E-state index in [1.807, 2.05) is 6.92 Å². The summed E-state index contributed by atoms with van der Waals surface area (Å²) < 4.78 is 28.3. The second kappa shape index (κ2) is 6.53. The summed E-state index contributed by atoms with van der Waals surface area (Å²) in [6.07, 6.45) is 2.24. The number of sulfonamides is 1. The lowest BCUT2D eigenvalue weighted by Gasteiger charge is -2.25. The Bertz CT molecular complexity index is 713. The molecule has 0 saturated carbocycles. The van der Waals surface area contributed by atoms with E-state index in [4.69, 9.17) is 0 Å². The Labute approximate surface area is 131 Å². The van der Waals surface area contributed by atoms with E-state index in [9.17, 15) is 8.42 Å². The number of rotatable bonds is 6. The number of tetrazole rings is 1. The smallest absolute Gasteiger partial charge is 0.207 e. The van der Waals surface area contributed by atoms with Crippen molar-refractivity contribution in [3.05, 3.63) is 30.6 Å². The van der Waals surface area contributed by atoms with Crippen LogP contribution in [0.25, 0.3) is 5.69 Å². The summed E-state index contributed by atoms with van der Waals surface area (Å²) >= 11 is 0. The molecule has 0 amide bonds. The maximum absolute atomic E-state index is 12.7. The van der Waals surface area contributed by atoms with Crippen LogP contribution in [0, 0.1) is 5.92 Å². The summed E-state index contributed by atoms with van der Waals surface area (Å²) in [4.78, 5) is 0.235. The highest BCUT2D eigenvalue weighted by Crippen LogP contribution is 2.21. The highest BCUT2D eigenvalue weighted by atomic mass is 32.2. The molecular formula is C14H21N5O2S. The average Bonchev–Trinajstić information content (AvgIpc) is 3.00. The summed E-state index contributed by atoms with van der Waals surface area (Å²) in [6, 6.07) is 6.53. The normalized spacial score (nSPS) is 13.7. The summed E-state index contributed by atoms with van der Waals surface area (Å²) in [5.74, 6) is 0.431. The highest BCUT2D eigenvalue weighted by Gasteiger charge is 2.26. The lowest BCUT2D eigenvalue weighted by atomic mass is 10.1. The van der Waals surface area contributed by atoms with Gasteiger partial charge in [-0.3, -0.25) is 0 Å². The molecule has 0 fully saturated rings. The SMILES string of the molecule is CC(C)C[C@H](C)N(C)S(=O)(=O)c1cccc(-n2cnnn2)c1. The van der Waals surface area contributed by atoms with Crippen LogP contribution in [0.2, 0.25) is 0 Å². The Hall–Kier alpha value is -1.80. The summed E-state index contributed by atoms with van der Waals surface area (Å²) in [6.45, 7) is 6.08. The fraction of sp³-hybridized carbons (Fsp3) is 0.500. The van der Waals surface area contributed by atoms with Gasteiger partial charge in [-0.15, -0.1) is 5.10 Å². The quantitative estimate of drug-likeness (QED) is 0.808. The fourth-order valence-corrected chi connectivity index (χ4v) is 3.71. The zero-order valence-electron chi connectivity index (χ0n) is 13.2. The van der Waals surface area contributed by atoms with Crippen molar-refractivity contribution in [3.63, 3.8) is 0 Å². The molecule has 0 unspecified atom stereocenters. The second-order valence-electron chi connectivity index (χ2n) is 5.75. The Balaban J connectivity index is 2.32. The molecule has 0 N–H and O–H groups in total. The molecular weight excluding hydrogens is 302 g/mol. The van der Waals surface area contributed by atoms with Crippen LogP contribution in [0.1, 0.15) is 27.2 Å². The Morgan fingerprint density at radius 1 is 1.27 bits per heavy atom. The van der Waals surface area contributed by atoms with E-state index < -0.39 is 10.0 Å². The van der Waals surface area contributed by atoms with E-state index >= 15 is 0 Å². The van der Waals surface area contributed by atoms with E-state index in [-0.39, 0.29) is 10.9 Å². The molecule has 0 bridgehead atoms. The molecule has 0 saturated heterocycles. The molecule has 0 spiro atoms. The third-order valence-corrected chi connectivity index (χ3v) is 5.51. The van der Waals surface area contributed by atoms with Gasteiger partial charge in [-0.05, 0) is 47.9 Å². The molecule has 1 heterocycles. The van der Waals surface area contributed by atoms with Crippen molar-refractivity contribution in [2.24, 2.45) is 5.92 Å². The van der Waals surface area contributed by atoms with Gasteiger partial charge in [-0.25, -0.2) is 13.1 Å². The minimum absolute atomic E-state index is 0.0679. The highest BCUT2D eigenvalue weighted by molar-refractivity contribution is 7.89. The third-order valence-electron chi connectivity index (χ3n) is 3.54. The molecule has 2 rings (SSSR count). The van der Waals surface area contributed by atoms with Gasteiger partial charge in [0.1, 0.15) is 6.33 Å². The van der Waals surface area contributed by atoms with Crippen molar-refractivity contribution < 1.29 is 8.42 Å². The number of benzene rings is 1. The van der Waals surface area contributed by atoms with Crippen LogP contribution in [-0.2, 0) is 10.0 Å². The first-order valence-corrected chi connectivity index (χ1v) is 8.58. The Morgan fingerprint density at radius 2 is 2.00 bits per heavy atom. The van der Waals surface area contributed by atoms with Crippen molar-refractivity contribution in [3.8, 4) is 5.69 Å². The zero-order chi connectivity index (χ0) is 16.3. The minimum atomic E-state index is -3.55. The van der Waals surface area contributed by atoms with Gasteiger partial charge in [-0.2, -0.15) is 4.31 Å². The van der Waals surface area contributed by atoms with Crippen LogP contribution >= 0.6 is 0 Å². The molecule has 1 atom stereocenters. The van der Waals surface area contributed by atoms with E-state index in [2.05, 4.69) is 29.4 Å². The molecule has 120 valence electrons. The summed E-state index contributed by atoms with van der Waals surface area (Å²) in [5.41, 5.74) is 0.607. The molecule has 0 radical (unpaired) electrons. The molecule has 7 nitrogen and oxygen atoms in total. The summed E-state index contributed by atoms with van der Waals surface area (Å²) in [7, 11) is -1.93. The van der Waals surface area contributed by atoms with Gasteiger partial charge < -0.3 is 0 Å². The van der Waals surface area contributed by atoms with Gasteiger partial charge >= 0.3 is 0 Å². The maximum atomic E-state index is 12.7. The average molecular weight is 323 g/mol. The molecule has 22 heavy (non-hydrogen) atoms. The third kappa shape index (κ3) is 3.50. The van der Waals surface area contributed by atoms with Gasteiger partial charge in [0.05, 0.1) is 10.6 Å². The predicted molar refractivity (Wildman–Crippen MR) is 83.0 cm³/mol. The second-order valence-corrected chi connectivity index (χ2v) is 7.75. The van der Waals surface area contributed by atoms with Gasteiger partial charge in [0.2, 0.25) is 10.0 Å². The number of nitrogens with zero attached hydrogens (tertiary/aromatic N) is 5. The van der Waals surface area contributed by atoms with Crippen molar-refractivity contribution >= 4 is 10.0 Å². The van der Waals surface area contributed by atoms with E-state index in [1.54, 1.807) is 31.3 Å². The largest absolute Gasteiger partial charge is 0.243 e.